The molecule has 1 N–H and O–H groups in total. The fraction of sp³-hybridized carbons (Fsp3) is 0.938. The molecule has 1 aliphatic heterocycles. The Morgan fingerprint density at radius 1 is 1.26 bits per heavy atom. The maximum Gasteiger partial charge on any atom is 0.0835 e. The van der Waals surface area contributed by atoms with Crippen molar-refractivity contribution >= 4 is 11.8 Å². The van der Waals surface area contributed by atoms with E-state index in [1.165, 1.54) is 0 Å². The van der Waals surface area contributed by atoms with Crippen molar-refractivity contribution in [3.8, 4) is 6.07 Å². The molecule has 1 aliphatic carbocycles. The van der Waals surface area contributed by atoms with Gasteiger partial charge in [0.25, 0.3) is 0 Å². The number of nitriles is 1. The predicted octanol–water partition coefficient (Wildman–Crippen LogP) is 3.85. The summed E-state index contributed by atoms with van der Waals surface area (Å²) in [5.74, 6) is 3.22. The van der Waals surface area contributed by atoms with Gasteiger partial charge in [0.1, 0.15) is 0 Å². The molecule has 0 bridgehead atoms. The Morgan fingerprint density at radius 3 is 2.32 bits per heavy atom. The minimum absolute atomic E-state index is 0.329. The van der Waals surface area contributed by atoms with Crippen molar-refractivity contribution in [1.29, 1.82) is 5.26 Å². The van der Waals surface area contributed by atoms with Gasteiger partial charge in [-0.05, 0) is 60.9 Å². The SMILES string of the molecule is CC(C)(C)C1CCC(C#N)(C(O)C2CCSC2)CC1. The second-order valence-corrected chi connectivity index (χ2v) is 8.63. The molecule has 3 heteroatoms. The van der Waals surface area contributed by atoms with Gasteiger partial charge in [-0.25, -0.2) is 0 Å². The summed E-state index contributed by atoms with van der Waals surface area (Å²) in [5.41, 5.74) is -0.132. The molecule has 1 heterocycles. The van der Waals surface area contributed by atoms with Gasteiger partial charge in [-0.3, -0.25) is 0 Å². The summed E-state index contributed by atoms with van der Waals surface area (Å²) >= 11 is 1.92. The summed E-state index contributed by atoms with van der Waals surface area (Å²) < 4.78 is 0. The topological polar surface area (TPSA) is 44.0 Å². The molecule has 0 radical (unpaired) electrons. The van der Waals surface area contributed by atoms with Gasteiger partial charge in [-0.1, -0.05) is 20.8 Å². The van der Waals surface area contributed by atoms with E-state index in [-0.39, 0.29) is 0 Å². The number of hydrogen-bond donors (Lipinski definition) is 1. The van der Waals surface area contributed by atoms with E-state index in [1.807, 2.05) is 11.8 Å². The number of rotatable bonds is 2. The lowest BCUT2D eigenvalue weighted by molar-refractivity contribution is -0.0191. The molecular formula is C16H27NOS. The van der Waals surface area contributed by atoms with Crippen LogP contribution < -0.4 is 0 Å². The van der Waals surface area contributed by atoms with Crippen molar-refractivity contribution < 1.29 is 5.11 Å². The average molecular weight is 281 g/mol. The van der Waals surface area contributed by atoms with Crippen molar-refractivity contribution in [2.75, 3.05) is 11.5 Å². The third-order valence-electron chi connectivity index (χ3n) is 5.30. The molecule has 2 rings (SSSR count). The van der Waals surface area contributed by atoms with Crippen LogP contribution in [-0.4, -0.2) is 22.7 Å². The molecule has 2 fully saturated rings. The first-order valence-electron chi connectivity index (χ1n) is 7.56. The van der Waals surface area contributed by atoms with E-state index in [1.54, 1.807) is 0 Å². The third kappa shape index (κ3) is 3.11. The van der Waals surface area contributed by atoms with Gasteiger partial charge >= 0.3 is 0 Å². The summed E-state index contributed by atoms with van der Waals surface area (Å²) in [6.45, 7) is 6.88. The molecule has 2 aliphatic rings. The molecular weight excluding hydrogens is 254 g/mol. The van der Waals surface area contributed by atoms with Crippen LogP contribution in [-0.2, 0) is 0 Å². The van der Waals surface area contributed by atoms with Crippen LogP contribution in [0.5, 0.6) is 0 Å². The smallest absolute Gasteiger partial charge is 0.0835 e. The minimum atomic E-state index is -0.461. The van der Waals surface area contributed by atoms with Crippen LogP contribution in [0.2, 0.25) is 0 Å². The zero-order valence-electron chi connectivity index (χ0n) is 12.5. The van der Waals surface area contributed by atoms with Crippen LogP contribution >= 0.6 is 11.8 Å². The molecule has 0 aromatic rings. The molecule has 1 saturated carbocycles. The highest BCUT2D eigenvalue weighted by Crippen LogP contribution is 2.49. The summed E-state index contributed by atoms with van der Waals surface area (Å²) in [5, 5.41) is 20.3. The fourth-order valence-electron chi connectivity index (χ4n) is 3.73. The van der Waals surface area contributed by atoms with E-state index in [0.717, 1.165) is 43.6 Å². The molecule has 0 amide bonds. The standard InChI is InChI=1S/C16H27NOS/c1-15(2,3)13-4-7-16(11-17,8-5-13)14(18)12-6-9-19-10-12/h12-14,18H,4-10H2,1-3H3. The van der Waals surface area contributed by atoms with E-state index < -0.39 is 11.5 Å². The maximum atomic E-state index is 10.7. The quantitative estimate of drug-likeness (QED) is 0.836. The largest absolute Gasteiger partial charge is 0.391 e. The van der Waals surface area contributed by atoms with Crippen LogP contribution in [0.15, 0.2) is 0 Å². The van der Waals surface area contributed by atoms with Gasteiger partial charge in [0.05, 0.1) is 17.6 Å². The highest BCUT2D eigenvalue weighted by molar-refractivity contribution is 7.99. The van der Waals surface area contributed by atoms with Crippen molar-refractivity contribution in [3.63, 3.8) is 0 Å². The zero-order chi connectivity index (χ0) is 14.1. The lowest BCUT2D eigenvalue weighted by Gasteiger charge is -2.44. The van der Waals surface area contributed by atoms with Gasteiger partial charge in [0.15, 0.2) is 0 Å². The van der Waals surface area contributed by atoms with Crippen molar-refractivity contribution in [2.45, 2.75) is 59.0 Å². The lowest BCUT2D eigenvalue weighted by atomic mass is 9.61. The van der Waals surface area contributed by atoms with E-state index >= 15 is 0 Å². The first kappa shape index (κ1) is 15.2. The highest BCUT2D eigenvalue weighted by atomic mass is 32.2. The Labute approximate surface area is 122 Å². The third-order valence-corrected chi connectivity index (χ3v) is 6.49. The van der Waals surface area contributed by atoms with Crippen molar-refractivity contribution in [1.82, 2.24) is 0 Å². The zero-order valence-corrected chi connectivity index (χ0v) is 13.3. The predicted molar refractivity (Wildman–Crippen MR) is 80.9 cm³/mol. The molecule has 2 atom stereocenters. The molecule has 0 aromatic heterocycles. The Morgan fingerprint density at radius 2 is 1.89 bits per heavy atom. The summed E-state index contributed by atoms with van der Waals surface area (Å²) in [4.78, 5) is 0. The van der Waals surface area contributed by atoms with Crippen LogP contribution in [0.3, 0.4) is 0 Å². The number of aliphatic hydroxyl groups is 1. The molecule has 108 valence electrons. The van der Waals surface area contributed by atoms with Gasteiger partial charge in [0, 0.05) is 0 Å². The molecule has 19 heavy (non-hydrogen) atoms. The molecule has 2 nitrogen and oxygen atoms in total. The van der Waals surface area contributed by atoms with Crippen molar-refractivity contribution in [2.24, 2.45) is 22.7 Å². The average Bonchev–Trinajstić information content (AvgIpc) is 2.90. The van der Waals surface area contributed by atoms with Crippen LogP contribution in [0, 0.1) is 34.0 Å². The van der Waals surface area contributed by atoms with E-state index in [2.05, 4.69) is 26.8 Å². The fourth-order valence-corrected chi connectivity index (χ4v) is 5.01. The Balaban J connectivity index is 2.03. The first-order valence-corrected chi connectivity index (χ1v) is 8.71. The summed E-state index contributed by atoms with van der Waals surface area (Å²) in [7, 11) is 0. The monoisotopic (exact) mass is 281 g/mol. The second kappa shape index (κ2) is 5.66. The first-order chi connectivity index (χ1) is 8.89. The Kier molecular flexibility index (Phi) is 4.52. The van der Waals surface area contributed by atoms with E-state index in [4.69, 9.17) is 0 Å². The van der Waals surface area contributed by atoms with Gasteiger partial charge in [-0.15, -0.1) is 0 Å². The van der Waals surface area contributed by atoms with Crippen LogP contribution in [0.4, 0.5) is 0 Å². The molecule has 0 spiro atoms. The van der Waals surface area contributed by atoms with Crippen LogP contribution in [0.1, 0.15) is 52.9 Å². The molecule has 1 saturated heterocycles. The number of aliphatic hydroxyl groups excluding tert-OH is 1. The van der Waals surface area contributed by atoms with Gasteiger partial charge < -0.3 is 5.11 Å². The van der Waals surface area contributed by atoms with E-state index in [9.17, 15) is 10.4 Å². The normalized spacial score (nSPS) is 37.8. The lowest BCUT2D eigenvalue weighted by Crippen LogP contribution is -2.43. The highest BCUT2D eigenvalue weighted by Gasteiger charge is 2.46. The van der Waals surface area contributed by atoms with Crippen LogP contribution in [0.25, 0.3) is 0 Å². The molecule has 2 unspecified atom stereocenters. The number of nitrogens with zero attached hydrogens (tertiary/aromatic N) is 1. The Bertz CT molecular complexity index is 341. The van der Waals surface area contributed by atoms with E-state index in [0.29, 0.717) is 17.3 Å². The van der Waals surface area contributed by atoms with Crippen molar-refractivity contribution in [3.05, 3.63) is 0 Å². The summed E-state index contributed by atoms with van der Waals surface area (Å²) in [6, 6.07) is 2.51. The van der Waals surface area contributed by atoms with Gasteiger partial charge in [-0.2, -0.15) is 17.0 Å². The maximum absolute atomic E-state index is 10.7. The van der Waals surface area contributed by atoms with Gasteiger partial charge in [0.2, 0.25) is 0 Å². The second-order valence-electron chi connectivity index (χ2n) is 7.48. The molecule has 0 aromatic carbocycles. The number of thioether (sulfide) groups is 1. The summed E-state index contributed by atoms with van der Waals surface area (Å²) in [6.07, 6.45) is 4.62. The Hall–Kier alpha value is -0.200. The number of hydrogen-bond acceptors (Lipinski definition) is 3. The minimum Gasteiger partial charge on any atom is -0.391 e.